The number of methoxy groups -OCH3 is 1. The van der Waals surface area contributed by atoms with Crippen LogP contribution in [0.5, 0.6) is 5.75 Å². The second-order valence-corrected chi connectivity index (χ2v) is 7.41. The zero-order valence-corrected chi connectivity index (χ0v) is 17.6. The minimum absolute atomic E-state index is 0.0907. The van der Waals surface area contributed by atoms with Crippen LogP contribution in [0, 0.1) is 0 Å². The molecule has 5 rings (SSSR count). The first-order valence-corrected chi connectivity index (χ1v) is 10.4. The van der Waals surface area contributed by atoms with E-state index in [1.54, 1.807) is 18.1 Å². The zero-order valence-electron chi connectivity index (χ0n) is 17.6. The molecule has 1 N–H and O–H groups in total. The summed E-state index contributed by atoms with van der Waals surface area (Å²) in [6.45, 7) is 1.52. The molecule has 164 valence electrons. The third-order valence-electron chi connectivity index (χ3n) is 5.49. The van der Waals surface area contributed by atoms with Crippen LogP contribution < -0.4 is 20.0 Å². The van der Waals surface area contributed by atoms with E-state index in [0.717, 1.165) is 17.8 Å². The van der Waals surface area contributed by atoms with Crippen molar-refractivity contribution in [2.45, 2.75) is 12.5 Å². The number of carbonyl (C=O) groups is 1. The maximum atomic E-state index is 11.9. The van der Waals surface area contributed by atoms with Crippen molar-refractivity contribution in [3.05, 3.63) is 66.5 Å². The minimum atomic E-state index is -0.355. The number of cyclic esters (lactones) is 1. The van der Waals surface area contributed by atoms with Gasteiger partial charge in [0.2, 0.25) is 0 Å². The Bertz CT molecular complexity index is 1110. The number of carbonyl (C=O) groups excluding carboxylic acids is 1. The Balaban J connectivity index is 1.38. The second-order valence-electron chi connectivity index (χ2n) is 7.41. The summed E-state index contributed by atoms with van der Waals surface area (Å²) < 4.78 is 10.6. The van der Waals surface area contributed by atoms with Gasteiger partial charge in [-0.05, 0) is 17.7 Å². The number of rotatable bonds is 6. The molecule has 2 fully saturated rings. The molecule has 32 heavy (non-hydrogen) atoms. The Labute approximate surface area is 185 Å². The molecule has 0 saturated carbocycles. The number of hydrogen-bond donors (Lipinski definition) is 1. The molecule has 0 bridgehead atoms. The number of nitrogens with one attached hydrogen (secondary N) is 1. The number of nitrogens with zero attached hydrogens (tertiary/aromatic N) is 4. The Morgan fingerprint density at radius 2 is 1.97 bits per heavy atom. The van der Waals surface area contributed by atoms with E-state index in [2.05, 4.69) is 27.4 Å². The molecule has 3 aromatic rings. The number of hydrogen-bond acceptors (Lipinski definition) is 8. The largest absolute Gasteiger partial charge is 0.494 e. The molecule has 9 heteroatoms. The number of benzene rings is 2. The lowest BCUT2D eigenvalue weighted by Crippen LogP contribution is -2.23. The van der Waals surface area contributed by atoms with Gasteiger partial charge in [0.25, 0.3) is 0 Å². The van der Waals surface area contributed by atoms with Gasteiger partial charge in [-0.2, -0.15) is 0 Å². The van der Waals surface area contributed by atoms with Crippen molar-refractivity contribution in [2.24, 2.45) is 0 Å². The Hall–Kier alpha value is -3.85. The molecule has 1 atom stereocenters. The van der Waals surface area contributed by atoms with Gasteiger partial charge in [-0.15, -0.1) is 0 Å². The van der Waals surface area contributed by atoms with Crippen LogP contribution >= 0.6 is 0 Å². The van der Waals surface area contributed by atoms with E-state index in [-0.39, 0.29) is 12.1 Å². The standard InChI is InChI=1S/C23H23N5O4/c1-30-20-13-17(27-10-12-31-23(27)29)7-8-18(20)26-21-14-22(25-15-24-21)28-19(9-11-32-28)16-5-3-2-4-6-16/h2-8,13-15,19H,9-12H2,1H3,(H,24,25,26). The highest BCUT2D eigenvalue weighted by molar-refractivity contribution is 5.90. The van der Waals surface area contributed by atoms with Crippen LogP contribution in [0.1, 0.15) is 18.0 Å². The van der Waals surface area contributed by atoms with Gasteiger partial charge < -0.3 is 14.8 Å². The van der Waals surface area contributed by atoms with Gasteiger partial charge >= 0.3 is 6.09 Å². The average molecular weight is 433 g/mol. The SMILES string of the molecule is COc1cc(N2CCOC2=O)ccc1Nc1cc(N2OCCC2c2ccccc2)ncn1. The van der Waals surface area contributed by atoms with E-state index in [0.29, 0.717) is 37.1 Å². The van der Waals surface area contributed by atoms with Gasteiger partial charge in [-0.1, -0.05) is 30.3 Å². The average Bonchev–Trinajstić information content (AvgIpc) is 3.49. The molecule has 9 nitrogen and oxygen atoms in total. The lowest BCUT2D eigenvalue weighted by molar-refractivity contribution is 0.157. The van der Waals surface area contributed by atoms with Crippen LogP contribution in [-0.4, -0.2) is 42.9 Å². The van der Waals surface area contributed by atoms with Crippen molar-refractivity contribution in [2.75, 3.05) is 42.1 Å². The predicted molar refractivity (Wildman–Crippen MR) is 119 cm³/mol. The topological polar surface area (TPSA) is 89.1 Å². The van der Waals surface area contributed by atoms with Crippen LogP contribution in [0.4, 0.5) is 27.8 Å². The quantitative estimate of drug-likeness (QED) is 0.622. The molecule has 2 aliphatic heterocycles. The molecule has 1 unspecified atom stereocenters. The normalized spacial score (nSPS) is 18.0. The van der Waals surface area contributed by atoms with Crippen molar-refractivity contribution in [1.82, 2.24) is 9.97 Å². The smallest absolute Gasteiger partial charge is 0.414 e. The van der Waals surface area contributed by atoms with Crippen molar-refractivity contribution in [1.29, 1.82) is 0 Å². The van der Waals surface area contributed by atoms with Gasteiger partial charge in [0, 0.05) is 18.6 Å². The van der Waals surface area contributed by atoms with Gasteiger partial charge in [-0.25, -0.2) is 19.8 Å². The highest BCUT2D eigenvalue weighted by Gasteiger charge is 2.29. The number of amides is 1. The van der Waals surface area contributed by atoms with Crippen molar-refractivity contribution < 1.29 is 19.1 Å². The van der Waals surface area contributed by atoms with Gasteiger partial charge in [0.05, 0.1) is 37.7 Å². The Morgan fingerprint density at radius 1 is 1.09 bits per heavy atom. The molecule has 1 aromatic heterocycles. The molecular formula is C23H23N5O4. The molecule has 2 saturated heterocycles. The number of aromatic nitrogens is 2. The third-order valence-corrected chi connectivity index (χ3v) is 5.49. The van der Waals surface area contributed by atoms with Crippen molar-refractivity contribution in [3.8, 4) is 5.75 Å². The predicted octanol–water partition coefficient (Wildman–Crippen LogP) is 4.07. The summed E-state index contributed by atoms with van der Waals surface area (Å²) in [7, 11) is 1.58. The first kappa shape index (κ1) is 20.1. The number of anilines is 4. The monoisotopic (exact) mass is 433 g/mol. The Kier molecular flexibility index (Phi) is 5.47. The molecule has 0 spiro atoms. The highest BCUT2D eigenvalue weighted by Crippen LogP contribution is 2.36. The van der Waals surface area contributed by atoms with Crippen LogP contribution in [0.3, 0.4) is 0 Å². The first-order valence-electron chi connectivity index (χ1n) is 10.4. The summed E-state index contributed by atoms with van der Waals surface area (Å²) in [5.41, 5.74) is 2.61. The summed E-state index contributed by atoms with van der Waals surface area (Å²) in [5.74, 6) is 1.86. The fourth-order valence-electron chi connectivity index (χ4n) is 3.93. The summed E-state index contributed by atoms with van der Waals surface area (Å²) in [6.07, 6.45) is 2.03. The summed E-state index contributed by atoms with van der Waals surface area (Å²) in [5, 5.41) is 5.11. The van der Waals surface area contributed by atoms with Gasteiger partial charge in [0.1, 0.15) is 24.5 Å². The van der Waals surface area contributed by atoms with Gasteiger partial charge in [-0.3, -0.25) is 9.74 Å². The van der Waals surface area contributed by atoms with E-state index >= 15 is 0 Å². The van der Waals surface area contributed by atoms with Crippen molar-refractivity contribution >= 4 is 29.1 Å². The molecule has 0 radical (unpaired) electrons. The molecule has 2 aliphatic rings. The lowest BCUT2D eigenvalue weighted by Gasteiger charge is -2.24. The first-order chi connectivity index (χ1) is 15.7. The highest BCUT2D eigenvalue weighted by atomic mass is 16.7. The third kappa shape index (κ3) is 3.90. The van der Waals surface area contributed by atoms with Gasteiger partial charge in [0.15, 0.2) is 5.82 Å². The number of hydroxylamine groups is 1. The maximum absolute atomic E-state index is 11.9. The molecule has 1 amide bonds. The zero-order chi connectivity index (χ0) is 21.9. The van der Waals surface area contributed by atoms with E-state index in [4.69, 9.17) is 14.3 Å². The molecule has 3 heterocycles. The van der Waals surface area contributed by atoms with Crippen LogP contribution in [-0.2, 0) is 9.57 Å². The van der Waals surface area contributed by atoms with Crippen LogP contribution in [0.25, 0.3) is 0 Å². The number of ether oxygens (including phenoxy) is 2. The second kappa shape index (κ2) is 8.72. The summed E-state index contributed by atoms with van der Waals surface area (Å²) in [6, 6.07) is 17.7. The van der Waals surface area contributed by atoms with E-state index in [1.807, 2.05) is 41.5 Å². The van der Waals surface area contributed by atoms with Crippen LogP contribution in [0.2, 0.25) is 0 Å². The van der Waals surface area contributed by atoms with E-state index < -0.39 is 0 Å². The maximum Gasteiger partial charge on any atom is 0.414 e. The molecular weight excluding hydrogens is 410 g/mol. The Morgan fingerprint density at radius 3 is 2.75 bits per heavy atom. The molecule has 0 aliphatic carbocycles. The van der Waals surface area contributed by atoms with E-state index in [9.17, 15) is 4.79 Å². The minimum Gasteiger partial charge on any atom is -0.494 e. The van der Waals surface area contributed by atoms with Crippen molar-refractivity contribution in [3.63, 3.8) is 0 Å². The van der Waals surface area contributed by atoms with Crippen LogP contribution in [0.15, 0.2) is 60.9 Å². The van der Waals surface area contributed by atoms with E-state index in [1.165, 1.54) is 11.9 Å². The fraction of sp³-hybridized carbons (Fsp3) is 0.261. The lowest BCUT2D eigenvalue weighted by atomic mass is 10.0. The summed E-state index contributed by atoms with van der Waals surface area (Å²) in [4.78, 5) is 28.1. The molecule has 2 aromatic carbocycles. The fourth-order valence-corrected chi connectivity index (χ4v) is 3.93. The summed E-state index contributed by atoms with van der Waals surface area (Å²) >= 11 is 0.